The lowest BCUT2D eigenvalue weighted by atomic mass is 10.1. The van der Waals surface area contributed by atoms with Crippen molar-refractivity contribution < 1.29 is 15.0 Å². The van der Waals surface area contributed by atoms with E-state index >= 15 is 0 Å². The zero-order valence-corrected chi connectivity index (χ0v) is 14.5. The van der Waals surface area contributed by atoms with Crippen LogP contribution in [0.3, 0.4) is 0 Å². The van der Waals surface area contributed by atoms with Crippen LogP contribution in [0.25, 0.3) is 0 Å². The highest BCUT2D eigenvalue weighted by molar-refractivity contribution is 5.69. The topological polar surface area (TPSA) is 26.3 Å². The van der Waals surface area contributed by atoms with E-state index in [-0.39, 0.29) is 30.5 Å². The van der Waals surface area contributed by atoms with Crippen molar-refractivity contribution in [1.82, 2.24) is 0 Å². The van der Waals surface area contributed by atoms with Gasteiger partial charge in [-0.15, -0.1) is 0 Å². The van der Waals surface area contributed by atoms with Gasteiger partial charge in [0, 0.05) is 6.42 Å². The third kappa shape index (κ3) is 17.0. The molecule has 0 fully saturated rings. The van der Waals surface area contributed by atoms with Gasteiger partial charge in [0.25, 0.3) is 0 Å². The highest BCUT2D eigenvalue weighted by Gasteiger charge is 2.00. The van der Waals surface area contributed by atoms with Crippen LogP contribution in [0.2, 0.25) is 0 Å². The van der Waals surface area contributed by atoms with Gasteiger partial charge in [-0.1, -0.05) is 63.2 Å². The van der Waals surface area contributed by atoms with Crippen LogP contribution in [0.4, 0.5) is 0 Å². The summed E-state index contributed by atoms with van der Waals surface area (Å²) in [6.07, 6.45) is 9.43. The van der Waals surface area contributed by atoms with Crippen molar-refractivity contribution in [3.63, 3.8) is 0 Å². The maximum Gasteiger partial charge on any atom is 0.305 e. The summed E-state index contributed by atoms with van der Waals surface area (Å²) in [4.78, 5) is 11.2. The van der Waals surface area contributed by atoms with Gasteiger partial charge in [-0.25, -0.2) is 0 Å². The van der Waals surface area contributed by atoms with E-state index in [0.717, 1.165) is 51.4 Å². The number of hydrogen-bond acceptors (Lipinski definition) is 2. The van der Waals surface area contributed by atoms with E-state index < -0.39 is 0 Å². The molecule has 0 rings (SSSR count). The summed E-state index contributed by atoms with van der Waals surface area (Å²) in [5, 5.41) is 0. The van der Waals surface area contributed by atoms with Gasteiger partial charge in [-0.05, 0) is 45.4 Å². The highest BCUT2D eigenvalue weighted by Crippen LogP contribution is 2.08. The molecule has 0 unspecified atom stereocenters. The van der Waals surface area contributed by atoms with E-state index in [1.165, 1.54) is 0 Å². The number of carbonyl (C=O) groups is 1. The monoisotopic (exact) mass is 312 g/mol. The molecule has 0 amide bonds. The molecule has 0 saturated heterocycles. The summed E-state index contributed by atoms with van der Waals surface area (Å²) in [6.45, 7) is 4.34. The average molecular weight is 313 g/mol. The minimum absolute atomic E-state index is 0.101. The molecule has 0 atom stereocenters. The molecule has 0 aliphatic carbocycles. The van der Waals surface area contributed by atoms with E-state index in [1.807, 2.05) is 0 Å². The van der Waals surface area contributed by atoms with Crippen molar-refractivity contribution in [1.29, 1.82) is 0 Å². The minimum Gasteiger partial charge on any atom is -0.466 e. The molecule has 0 spiro atoms. The lowest BCUT2D eigenvalue weighted by molar-refractivity contribution is -0.143. The summed E-state index contributed by atoms with van der Waals surface area (Å²) in [7, 11) is 0. The Morgan fingerprint density at radius 3 is 2.09 bits per heavy atom. The number of allylic oxidation sites excluding steroid dienone is 4. The van der Waals surface area contributed by atoms with Crippen molar-refractivity contribution >= 4 is 5.97 Å². The van der Waals surface area contributed by atoms with Crippen molar-refractivity contribution in [3.8, 4) is 0 Å². The fraction of sp³-hybridized carbons (Fsp3) is 0.750. The molecule has 0 N–H and O–H groups in total. The number of hydrogen-bond donors (Lipinski definition) is 0. The molecule has 0 radical (unpaired) electrons. The largest absolute Gasteiger partial charge is 0.466 e. The lowest BCUT2D eigenvalue weighted by Gasteiger charge is -2.01. The molecular formula is C20H36O2. The van der Waals surface area contributed by atoms with Gasteiger partial charge in [0.15, 0.2) is 0 Å². The molecule has 0 aliphatic rings. The third-order valence-corrected chi connectivity index (χ3v) is 3.32. The van der Waals surface area contributed by atoms with Gasteiger partial charge in [0.1, 0.15) is 0 Å². The lowest BCUT2D eigenvalue weighted by Crippen LogP contribution is -2.03. The second-order valence-corrected chi connectivity index (χ2v) is 5.41. The van der Waals surface area contributed by atoms with Crippen molar-refractivity contribution in [2.45, 2.75) is 90.9 Å². The molecule has 0 heterocycles. The number of rotatable bonds is 15. The predicted octanol–water partition coefficient (Wildman–Crippen LogP) is 6.36. The SMILES string of the molecule is [2H]/C(CCCCC)=C(\[2H])C/C([2H])=C(/[2H])CCCCCCCC(=O)OCC. The smallest absolute Gasteiger partial charge is 0.305 e. The van der Waals surface area contributed by atoms with Gasteiger partial charge in [0.05, 0.1) is 12.1 Å². The summed E-state index contributed by atoms with van der Waals surface area (Å²) < 4.78 is 36.6. The molecule has 0 aromatic rings. The first-order chi connectivity index (χ1) is 12.4. The fourth-order valence-electron chi connectivity index (χ4n) is 2.06. The second-order valence-electron chi connectivity index (χ2n) is 5.41. The van der Waals surface area contributed by atoms with Crippen LogP contribution in [0.5, 0.6) is 0 Å². The molecular weight excluding hydrogens is 272 g/mol. The van der Waals surface area contributed by atoms with Crippen LogP contribution in [0.15, 0.2) is 24.2 Å². The third-order valence-electron chi connectivity index (χ3n) is 3.32. The second kappa shape index (κ2) is 18.0. The van der Waals surface area contributed by atoms with Crippen LogP contribution in [-0.2, 0) is 9.53 Å². The van der Waals surface area contributed by atoms with Crippen LogP contribution < -0.4 is 0 Å². The summed E-state index contributed by atoms with van der Waals surface area (Å²) in [6, 6.07) is 0.924. The Kier molecular flexibility index (Phi) is 11.9. The Morgan fingerprint density at radius 2 is 1.45 bits per heavy atom. The van der Waals surface area contributed by atoms with Crippen LogP contribution in [0, 0.1) is 0 Å². The van der Waals surface area contributed by atoms with Gasteiger partial charge >= 0.3 is 5.97 Å². The molecule has 2 heteroatoms. The minimum atomic E-state index is -0.134. The van der Waals surface area contributed by atoms with Crippen molar-refractivity contribution in [3.05, 3.63) is 24.2 Å². The van der Waals surface area contributed by atoms with E-state index in [0.29, 0.717) is 31.9 Å². The number of esters is 1. The molecule has 0 aromatic heterocycles. The first-order valence-electron chi connectivity index (χ1n) is 10.9. The zero-order chi connectivity index (χ0) is 19.8. The van der Waals surface area contributed by atoms with Gasteiger partial charge < -0.3 is 4.74 Å². The molecule has 0 aromatic carbocycles. The zero-order valence-electron chi connectivity index (χ0n) is 18.5. The Labute approximate surface area is 143 Å². The van der Waals surface area contributed by atoms with Crippen molar-refractivity contribution in [2.75, 3.05) is 6.61 Å². The molecule has 128 valence electrons. The number of ether oxygens (including phenoxy) is 1. The van der Waals surface area contributed by atoms with Crippen LogP contribution in [0.1, 0.15) is 96.4 Å². The van der Waals surface area contributed by atoms with Gasteiger partial charge in [0.2, 0.25) is 0 Å². The molecule has 0 saturated carbocycles. The maximum absolute atomic E-state index is 11.2. The number of carbonyl (C=O) groups excluding carboxylic acids is 1. The van der Waals surface area contributed by atoms with Gasteiger partial charge in [-0.3, -0.25) is 4.79 Å². The highest BCUT2D eigenvalue weighted by atomic mass is 16.5. The van der Waals surface area contributed by atoms with Crippen molar-refractivity contribution in [2.24, 2.45) is 0 Å². The molecule has 0 bridgehead atoms. The summed E-state index contributed by atoms with van der Waals surface area (Å²) in [5.41, 5.74) is 0. The normalized spacial score (nSPS) is 15.9. The molecule has 2 nitrogen and oxygen atoms in total. The quantitative estimate of drug-likeness (QED) is 0.200. The number of unbranched alkanes of at least 4 members (excludes halogenated alkanes) is 6. The molecule has 22 heavy (non-hydrogen) atoms. The van der Waals surface area contributed by atoms with E-state index in [9.17, 15) is 4.79 Å². The first-order valence-corrected chi connectivity index (χ1v) is 8.88. The van der Waals surface area contributed by atoms with E-state index in [2.05, 4.69) is 6.92 Å². The van der Waals surface area contributed by atoms with Gasteiger partial charge in [-0.2, -0.15) is 0 Å². The first kappa shape index (κ1) is 14.5. The van der Waals surface area contributed by atoms with Crippen LogP contribution >= 0.6 is 0 Å². The van der Waals surface area contributed by atoms with Crippen LogP contribution in [-0.4, -0.2) is 12.6 Å². The predicted molar refractivity (Wildman–Crippen MR) is 96.0 cm³/mol. The standard InChI is InChI=1S/C20H36O2/c1-3-5-6-7-8-9-10-11-12-13-14-15-16-17-18-19-20(21)22-4-2/h8-9,11-12H,3-7,10,13-19H2,1-2H3/b9-8-,12-11-/i8D,9D,11D,12D. The molecule has 0 aliphatic heterocycles. The maximum atomic E-state index is 11.2. The van der Waals surface area contributed by atoms with E-state index in [4.69, 9.17) is 10.2 Å². The Balaban J connectivity index is 3.99. The Bertz CT molecular complexity index is 459. The average Bonchev–Trinajstić information content (AvgIpc) is 2.60. The van der Waals surface area contributed by atoms with E-state index in [1.54, 1.807) is 6.92 Å². The fourth-order valence-corrected chi connectivity index (χ4v) is 2.06. The Morgan fingerprint density at radius 1 is 0.864 bits per heavy atom. The summed E-state index contributed by atoms with van der Waals surface area (Å²) >= 11 is 0. The summed E-state index contributed by atoms with van der Waals surface area (Å²) in [5.74, 6) is -0.134. The Hall–Kier alpha value is -1.05.